The van der Waals surface area contributed by atoms with Crippen LogP contribution in [0.5, 0.6) is 5.88 Å². The number of hydrogen-bond donors (Lipinski definition) is 2. The summed E-state index contributed by atoms with van der Waals surface area (Å²) >= 11 is 0. The molecule has 0 spiro atoms. The van der Waals surface area contributed by atoms with Crippen LogP contribution in [0.4, 0.5) is 17.2 Å². The predicted octanol–water partition coefficient (Wildman–Crippen LogP) is 3.01. The van der Waals surface area contributed by atoms with Crippen molar-refractivity contribution in [2.75, 3.05) is 42.2 Å². The van der Waals surface area contributed by atoms with Gasteiger partial charge in [0.1, 0.15) is 5.69 Å². The van der Waals surface area contributed by atoms with Crippen LogP contribution < -0.4 is 20.7 Å². The van der Waals surface area contributed by atoms with Gasteiger partial charge in [0, 0.05) is 19.2 Å². The number of hydrogen-bond acceptors (Lipinski definition) is 6. The summed E-state index contributed by atoms with van der Waals surface area (Å²) < 4.78 is 5.86. The van der Waals surface area contributed by atoms with E-state index in [9.17, 15) is 4.79 Å². The summed E-state index contributed by atoms with van der Waals surface area (Å²) in [5.41, 5.74) is 10.1. The van der Waals surface area contributed by atoms with E-state index in [2.05, 4.69) is 44.4 Å². The maximum Gasteiger partial charge on any atom is 0.244 e. The van der Waals surface area contributed by atoms with Crippen LogP contribution in [-0.2, 0) is 17.9 Å². The van der Waals surface area contributed by atoms with Gasteiger partial charge in [-0.3, -0.25) is 9.69 Å². The highest BCUT2D eigenvalue weighted by molar-refractivity contribution is 6.04. The van der Waals surface area contributed by atoms with Gasteiger partial charge in [-0.25, -0.2) is 0 Å². The molecular formula is C23H29N5O2. The number of nitrogens with zero attached hydrogens (tertiary/aromatic N) is 3. The number of aromatic nitrogens is 1. The van der Waals surface area contributed by atoms with Crippen molar-refractivity contribution in [2.24, 2.45) is 5.92 Å². The highest BCUT2D eigenvalue weighted by Gasteiger charge is 2.27. The first-order chi connectivity index (χ1) is 14.6. The quantitative estimate of drug-likeness (QED) is 0.734. The number of nitrogens with two attached hydrogens (primary N) is 1. The zero-order valence-electron chi connectivity index (χ0n) is 17.3. The van der Waals surface area contributed by atoms with Crippen LogP contribution in [-0.4, -0.2) is 42.0 Å². The average Bonchev–Trinajstić information content (AvgIpc) is 3.42. The van der Waals surface area contributed by atoms with Gasteiger partial charge in [-0.2, -0.15) is 4.98 Å². The summed E-state index contributed by atoms with van der Waals surface area (Å²) in [5, 5.41) is 2.88. The Morgan fingerprint density at radius 2 is 1.90 bits per heavy atom. The molecule has 3 heterocycles. The number of rotatable bonds is 7. The fourth-order valence-corrected chi connectivity index (χ4v) is 4.29. The Morgan fingerprint density at radius 1 is 1.13 bits per heavy atom. The third kappa shape index (κ3) is 4.36. The minimum atomic E-state index is -0.0733. The number of fused-ring (bicyclic) bond motifs is 1. The molecule has 0 radical (unpaired) electrons. The molecule has 30 heavy (non-hydrogen) atoms. The van der Waals surface area contributed by atoms with E-state index in [4.69, 9.17) is 10.5 Å². The van der Waals surface area contributed by atoms with E-state index in [1.54, 1.807) is 0 Å². The molecule has 0 unspecified atom stereocenters. The van der Waals surface area contributed by atoms with Crippen LogP contribution in [0.2, 0.25) is 0 Å². The second kappa shape index (κ2) is 8.14. The van der Waals surface area contributed by atoms with Crippen LogP contribution in [0.25, 0.3) is 0 Å². The van der Waals surface area contributed by atoms with Crippen molar-refractivity contribution >= 4 is 23.1 Å². The Kier molecular flexibility index (Phi) is 5.21. The molecule has 1 aromatic carbocycles. The molecule has 1 saturated carbocycles. The first-order valence-electron chi connectivity index (χ1n) is 10.9. The van der Waals surface area contributed by atoms with Crippen LogP contribution in [0.1, 0.15) is 36.8 Å². The molecule has 1 aliphatic carbocycles. The summed E-state index contributed by atoms with van der Waals surface area (Å²) in [5.74, 6) is 1.40. The van der Waals surface area contributed by atoms with Gasteiger partial charge >= 0.3 is 0 Å². The second-order valence-electron chi connectivity index (χ2n) is 8.70. The molecule has 158 valence electrons. The number of benzene rings is 1. The number of ether oxygens (including phenoxy) is 1. The van der Waals surface area contributed by atoms with E-state index in [1.807, 2.05) is 6.07 Å². The zero-order valence-corrected chi connectivity index (χ0v) is 17.3. The first kappa shape index (κ1) is 19.2. The van der Waals surface area contributed by atoms with E-state index < -0.39 is 0 Å². The summed E-state index contributed by atoms with van der Waals surface area (Å²) in [4.78, 5) is 21.2. The molecule has 5 rings (SSSR count). The fraction of sp³-hybridized carbons (Fsp3) is 0.478. The Labute approximate surface area is 177 Å². The number of anilines is 3. The van der Waals surface area contributed by atoms with E-state index in [-0.39, 0.29) is 12.5 Å². The molecular weight excluding hydrogens is 378 g/mol. The van der Waals surface area contributed by atoms with Gasteiger partial charge in [-0.05, 0) is 55.8 Å². The van der Waals surface area contributed by atoms with Crippen molar-refractivity contribution in [3.05, 3.63) is 41.5 Å². The second-order valence-corrected chi connectivity index (χ2v) is 8.70. The average molecular weight is 408 g/mol. The van der Waals surface area contributed by atoms with Crippen molar-refractivity contribution in [3.63, 3.8) is 0 Å². The lowest BCUT2D eigenvalue weighted by atomic mass is 10.1. The summed E-state index contributed by atoms with van der Waals surface area (Å²) in [7, 11) is 0. The van der Waals surface area contributed by atoms with E-state index in [0.717, 1.165) is 12.2 Å². The van der Waals surface area contributed by atoms with Gasteiger partial charge < -0.3 is 20.7 Å². The molecule has 7 heteroatoms. The molecule has 1 saturated heterocycles. The number of nitrogens with one attached hydrogen (secondary N) is 1. The molecule has 7 nitrogen and oxygen atoms in total. The maximum absolute atomic E-state index is 12.3. The van der Waals surface area contributed by atoms with Gasteiger partial charge in [0.25, 0.3) is 0 Å². The van der Waals surface area contributed by atoms with Crippen LogP contribution in [0.15, 0.2) is 30.3 Å². The van der Waals surface area contributed by atoms with Crippen molar-refractivity contribution < 1.29 is 9.53 Å². The van der Waals surface area contributed by atoms with Crippen molar-refractivity contribution in [3.8, 4) is 5.88 Å². The van der Waals surface area contributed by atoms with E-state index in [0.29, 0.717) is 36.5 Å². The molecule has 1 aromatic heterocycles. The number of likely N-dealkylation sites (tertiary alicyclic amines) is 1. The van der Waals surface area contributed by atoms with Gasteiger partial charge in [-0.15, -0.1) is 0 Å². The molecule has 2 aliphatic heterocycles. The van der Waals surface area contributed by atoms with Crippen molar-refractivity contribution in [1.29, 1.82) is 0 Å². The fourth-order valence-electron chi connectivity index (χ4n) is 4.29. The summed E-state index contributed by atoms with van der Waals surface area (Å²) in [6.45, 7) is 4.95. The SMILES string of the molecule is Nc1nc(OCC2CC2)cc2c1NC(=O)CN2Cc1cccc(CN2CCCC2)c1. The van der Waals surface area contributed by atoms with Gasteiger partial charge in [0.15, 0.2) is 5.82 Å². The van der Waals surface area contributed by atoms with Gasteiger partial charge in [0.2, 0.25) is 11.8 Å². The largest absolute Gasteiger partial charge is 0.477 e. The van der Waals surface area contributed by atoms with Crippen LogP contribution in [0, 0.1) is 5.92 Å². The maximum atomic E-state index is 12.3. The Balaban J connectivity index is 1.36. The first-order valence-corrected chi connectivity index (χ1v) is 10.9. The molecule has 2 aromatic rings. The van der Waals surface area contributed by atoms with Crippen LogP contribution >= 0.6 is 0 Å². The lowest BCUT2D eigenvalue weighted by Crippen LogP contribution is -2.38. The standard InChI is InChI=1S/C23H29N5O2/c24-23-22-19(11-21(26-23)30-15-16-6-7-16)28(14-20(29)25-22)13-18-5-3-4-17(10-18)12-27-8-1-2-9-27/h3-5,10-11,16H,1-2,6-9,12-15H2,(H2,24,26)(H,25,29). The van der Waals surface area contributed by atoms with Crippen molar-refractivity contribution in [1.82, 2.24) is 9.88 Å². The third-order valence-corrected chi connectivity index (χ3v) is 6.08. The minimum absolute atomic E-state index is 0.0733. The lowest BCUT2D eigenvalue weighted by molar-refractivity contribution is -0.115. The molecule has 1 amide bonds. The van der Waals surface area contributed by atoms with E-state index >= 15 is 0 Å². The molecule has 2 fully saturated rings. The van der Waals surface area contributed by atoms with E-state index in [1.165, 1.54) is 49.9 Å². The zero-order chi connectivity index (χ0) is 20.5. The number of carbonyl (C=O) groups excluding carboxylic acids is 1. The van der Waals surface area contributed by atoms with Crippen LogP contribution in [0.3, 0.4) is 0 Å². The summed E-state index contributed by atoms with van der Waals surface area (Å²) in [6.07, 6.45) is 5.02. The van der Waals surface area contributed by atoms with Gasteiger partial charge in [-0.1, -0.05) is 24.3 Å². The molecule has 3 N–H and O–H groups in total. The topological polar surface area (TPSA) is 83.7 Å². The number of carbonyl (C=O) groups is 1. The molecule has 0 bridgehead atoms. The molecule has 3 aliphatic rings. The monoisotopic (exact) mass is 407 g/mol. The Bertz CT molecular complexity index is 937. The third-order valence-electron chi connectivity index (χ3n) is 6.08. The number of amides is 1. The van der Waals surface area contributed by atoms with Gasteiger partial charge in [0.05, 0.1) is 18.8 Å². The normalized spacial score (nSPS) is 18.9. The highest BCUT2D eigenvalue weighted by Crippen LogP contribution is 2.38. The number of nitrogen functional groups attached to an aromatic ring is 1. The Morgan fingerprint density at radius 3 is 2.67 bits per heavy atom. The predicted molar refractivity (Wildman–Crippen MR) is 118 cm³/mol. The highest BCUT2D eigenvalue weighted by atomic mass is 16.5. The lowest BCUT2D eigenvalue weighted by Gasteiger charge is -2.31. The Hall–Kier alpha value is -2.80. The minimum Gasteiger partial charge on any atom is -0.477 e. The van der Waals surface area contributed by atoms with Crippen molar-refractivity contribution in [2.45, 2.75) is 38.8 Å². The summed E-state index contributed by atoms with van der Waals surface area (Å²) in [6, 6.07) is 10.6. The number of pyridine rings is 1. The smallest absolute Gasteiger partial charge is 0.244 e. The molecule has 0 atom stereocenters.